The van der Waals surface area contributed by atoms with Gasteiger partial charge in [0.05, 0.1) is 17.4 Å². The Hall–Kier alpha value is -0.870. The summed E-state index contributed by atoms with van der Waals surface area (Å²) in [4.78, 5) is 10.7. The molecule has 17 heavy (non-hydrogen) atoms. The van der Waals surface area contributed by atoms with E-state index in [2.05, 4.69) is 14.9 Å². The molecule has 1 aromatic rings. The van der Waals surface area contributed by atoms with Crippen LogP contribution in [-0.4, -0.2) is 34.8 Å². The minimum atomic E-state index is 0.306. The molecule has 94 valence electrons. The molecule has 4 nitrogen and oxygen atoms in total. The van der Waals surface area contributed by atoms with Gasteiger partial charge in [-0.2, -0.15) is 0 Å². The molecule has 1 aliphatic heterocycles. The minimum absolute atomic E-state index is 0.306. The van der Waals surface area contributed by atoms with Crippen LogP contribution < -0.4 is 4.90 Å². The first kappa shape index (κ1) is 12.6. The van der Waals surface area contributed by atoms with Gasteiger partial charge in [-0.3, -0.25) is 0 Å². The second-order valence-electron chi connectivity index (χ2n) is 4.50. The van der Waals surface area contributed by atoms with Crippen LogP contribution in [0.4, 0.5) is 5.95 Å². The van der Waals surface area contributed by atoms with Gasteiger partial charge in [-0.05, 0) is 31.6 Å². The zero-order valence-electron chi connectivity index (χ0n) is 9.85. The highest BCUT2D eigenvalue weighted by atomic mass is 35.5. The third kappa shape index (κ3) is 3.54. The number of rotatable bonds is 4. The second-order valence-corrected chi connectivity index (χ2v) is 4.93. The van der Waals surface area contributed by atoms with E-state index in [-0.39, 0.29) is 0 Å². The third-order valence-corrected chi connectivity index (χ3v) is 3.47. The fourth-order valence-corrected chi connectivity index (χ4v) is 2.37. The standard InChI is InChI=1S/C12H18ClN3O/c13-11-8-14-12(15-9-11)16-5-3-10(4-6-16)2-1-7-17/h8-10,17H,1-7H2. The molecule has 1 aromatic heterocycles. The lowest BCUT2D eigenvalue weighted by Gasteiger charge is -2.31. The number of nitrogens with zero attached hydrogens (tertiary/aromatic N) is 3. The molecule has 0 saturated carbocycles. The average molecular weight is 256 g/mol. The number of hydrogen-bond donors (Lipinski definition) is 1. The summed E-state index contributed by atoms with van der Waals surface area (Å²) in [5.41, 5.74) is 0. The number of anilines is 1. The molecule has 0 atom stereocenters. The Morgan fingerprint density at radius 2 is 1.94 bits per heavy atom. The normalized spacial score (nSPS) is 17.4. The Bertz CT molecular complexity index is 336. The Labute approximate surface area is 107 Å². The molecule has 5 heteroatoms. The van der Waals surface area contributed by atoms with Crippen LogP contribution in [0.15, 0.2) is 12.4 Å². The van der Waals surface area contributed by atoms with Crippen LogP contribution in [-0.2, 0) is 0 Å². The first-order chi connectivity index (χ1) is 8.29. The Morgan fingerprint density at radius 3 is 2.53 bits per heavy atom. The molecule has 0 spiro atoms. The fourth-order valence-electron chi connectivity index (χ4n) is 2.27. The lowest BCUT2D eigenvalue weighted by molar-refractivity contribution is 0.261. The van der Waals surface area contributed by atoms with Crippen molar-refractivity contribution in [3.8, 4) is 0 Å². The van der Waals surface area contributed by atoms with Gasteiger partial charge in [-0.25, -0.2) is 9.97 Å². The zero-order valence-corrected chi connectivity index (χ0v) is 10.6. The van der Waals surface area contributed by atoms with E-state index in [4.69, 9.17) is 16.7 Å². The highest BCUT2D eigenvalue weighted by molar-refractivity contribution is 6.30. The zero-order chi connectivity index (χ0) is 12.1. The van der Waals surface area contributed by atoms with E-state index in [0.717, 1.165) is 50.6 Å². The molecule has 0 bridgehead atoms. The molecule has 2 heterocycles. The van der Waals surface area contributed by atoms with Crippen molar-refractivity contribution in [3.05, 3.63) is 17.4 Å². The lowest BCUT2D eigenvalue weighted by Crippen LogP contribution is -2.34. The Balaban J connectivity index is 1.84. The molecule has 1 fully saturated rings. The van der Waals surface area contributed by atoms with Gasteiger partial charge in [-0.15, -0.1) is 0 Å². The SMILES string of the molecule is OCCCC1CCN(c2ncc(Cl)cn2)CC1. The van der Waals surface area contributed by atoms with E-state index in [1.807, 2.05) is 0 Å². The van der Waals surface area contributed by atoms with E-state index < -0.39 is 0 Å². The van der Waals surface area contributed by atoms with Crippen molar-refractivity contribution >= 4 is 17.5 Å². The van der Waals surface area contributed by atoms with E-state index >= 15 is 0 Å². The van der Waals surface area contributed by atoms with Crippen LogP contribution in [0.25, 0.3) is 0 Å². The smallest absolute Gasteiger partial charge is 0.225 e. The van der Waals surface area contributed by atoms with Gasteiger partial charge >= 0.3 is 0 Å². The summed E-state index contributed by atoms with van der Waals surface area (Å²) >= 11 is 5.76. The van der Waals surface area contributed by atoms with Crippen LogP contribution in [0.2, 0.25) is 5.02 Å². The summed E-state index contributed by atoms with van der Waals surface area (Å²) in [6, 6.07) is 0. The Morgan fingerprint density at radius 1 is 1.29 bits per heavy atom. The maximum Gasteiger partial charge on any atom is 0.225 e. The highest BCUT2D eigenvalue weighted by Gasteiger charge is 2.20. The van der Waals surface area contributed by atoms with Gasteiger partial charge in [0.1, 0.15) is 0 Å². The molecule has 0 aliphatic carbocycles. The average Bonchev–Trinajstić information content (AvgIpc) is 2.38. The maximum atomic E-state index is 8.81. The number of aromatic nitrogens is 2. The minimum Gasteiger partial charge on any atom is -0.396 e. The molecule has 1 saturated heterocycles. The summed E-state index contributed by atoms with van der Waals surface area (Å²) in [7, 11) is 0. The summed E-state index contributed by atoms with van der Waals surface area (Å²) < 4.78 is 0. The lowest BCUT2D eigenvalue weighted by atomic mass is 9.92. The van der Waals surface area contributed by atoms with Gasteiger partial charge < -0.3 is 10.0 Å². The van der Waals surface area contributed by atoms with Crippen LogP contribution in [0.5, 0.6) is 0 Å². The number of halogens is 1. The van der Waals surface area contributed by atoms with Crippen LogP contribution in [0.3, 0.4) is 0 Å². The first-order valence-electron chi connectivity index (χ1n) is 6.13. The maximum absolute atomic E-state index is 8.81. The predicted octanol–water partition coefficient (Wildman–Crippen LogP) is 2.12. The van der Waals surface area contributed by atoms with E-state index in [1.54, 1.807) is 12.4 Å². The first-order valence-corrected chi connectivity index (χ1v) is 6.50. The molecule has 0 radical (unpaired) electrons. The van der Waals surface area contributed by atoms with Gasteiger partial charge in [0, 0.05) is 19.7 Å². The van der Waals surface area contributed by atoms with Crippen molar-refractivity contribution in [1.29, 1.82) is 0 Å². The van der Waals surface area contributed by atoms with Crippen molar-refractivity contribution < 1.29 is 5.11 Å². The van der Waals surface area contributed by atoms with Crippen LogP contribution >= 0.6 is 11.6 Å². The molecular formula is C12H18ClN3O. The molecule has 1 aliphatic rings. The quantitative estimate of drug-likeness (QED) is 0.895. The predicted molar refractivity (Wildman–Crippen MR) is 68.3 cm³/mol. The van der Waals surface area contributed by atoms with Crippen molar-refractivity contribution in [1.82, 2.24) is 9.97 Å². The molecule has 0 unspecified atom stereocenters. The van der Waals surface area contributed by atoms with Gasteiger partial charge in [0.2, 0.25) is 5.95 Å². The van der Waals surface area contributed by atoms with E-state index in [0.29, 0.717) is 11.6 Å². The van der Waals surface area contributed by atoms with E-state index in [1.165, 1.54) is 0 Å². The summed E-state index contributed by atoms with van der Waals surface area (Å²) in [6.07, 6.45) is 7.65. The topological polar surface area (TPSA) is 49.2 Å². The van der Waals surface area contributed by atoms with E-state index in [9.17, 15) is 0 Å². The Kier molecular flexibility index (Phi) is 4.57. The summed E-state index contributed by atoms with van der Waals surface area (Å²) in [6.45, 7) is 2.30. The number of hydrogen-bond acceptors (Lipinski definition) is 4. The second kappa shape index (κ2) is 6.17. The summed E-state index contributed by atoms with van der Waals surface area (Å²) in [5, 5.41) is 9.39. The van der Waals surface area contributed by atoms with Crippen molar-refractivity contribution in [3.63, 3.8) is 0 Å². The van der Waals surface area contributed by atoms with Crippen molar-refractivity contribution in [2.24, 2.45) is 5.92 Å². The number of aliphatic hydroxyl groups excluding tert-OH is 1. The molecule has 0 aromatic carbocycles. The molecule has 0 amide bonds. The monoisotopic (exact) mass is 255 g/mol. The van der Waals surface area contributed by atoms with Crippen molar-refractivity contribution in [2.75, 3.05) is 24.6 Å². The van der Waals surface area contributed by atoms with Gasteiger partial charge in [-0.1, -0.05) is 11.6 Å². The van der Waals surface area contributed by atoms with Crippen molar-refractivity contribution in [2.45, 2.75) is 25.7 Å². The summed E-state index contributed by atoms with van der Waals surface area (Å²) in [5.74, 6) is 1.51. The third-order valence-electron chi connectivity index (χ3n) is 3.27. The number of aliphatic hydroxyl groups is 1. The number of piperidine rings is 1. The fraction of sp³-hybridized carbons (Fsp3) is 0.667. The largest absolute Gasteiger partial charge is 0.396 e. The van der Waals surface area contributed by atoms with Crippen LogP contribution in [0.1, 0.15) is 25.7 Å². The van der Waals surface area contributed by atoms with Gasteiger partial charge in [0.15, 0.2) is 0 Å². The van der Waals surface area contributed by atoms with Gasteiger partial charge in [0.25, 0.3) is 0 Å². The molecule has 1 N–H and O–H groups in total. The molecular weight excluding hydrogens is 238 g/mol. The highest BCUT2D eigenvalue weighted by Crippen LogP contribution is 2.24. The van der Waals surface area contributed by atoms with Crippen LogP contribution in [0, 0.1) is 5.92 Å². The molecule has 2 rings (SSSR count).